The molecule has 0 aromatic heterocycles. The number of amides is 1. The Balaban J connectivity index is 1.89. The molecule has 0 saturated heterocycles. The molecule has 0 spiro atoms. The molecule has 2 aromatic rings. The zero-order chi connectivity index (χ0) is 17.8. The number of hydrogen-bond acceptors (Lipinski definition) is 4. The Bertz CT molecular complexity index is 762. The topological polar surface area (TPSA) is 38.8 Å². The standard InChI is InChI=1S/C20H23NO3S/c1-14-10-11-21(17-6-4-5-7-19(17)25-14)20(22)13-15-12-16(23-2)8-9-18(15)24-3/h4-9,12,14H,10-11,13H2,1-3H3. The van der Waals surface area contributed by atoms with Crippen molar-refractivity contribution in [2.45, 2.75) is 29.9 Å². The Morgan fingerprint density at radius 2 is 2.00 bits per heavy atom. The maximum atomic E-state index is 13.1. The SMILES string of the molecule is COc1ccc(OC)c(CC(=O)N2CCC(C)Sc3ccccc32)c1. The monoisotopic (exact) mass is 357 g/mol. The minimum absolute atomic E-state index is 0.0775. The number of methoxy groups -OCH3 is 2. The number of fused-ring (bicyclic) bond motifs is 1. The summed E-state index contributed by atoms with van der Waals surface area (Å²) in [6, 6.07) is 13.7. The van der Waals surface area contributed by atoms with Crippen LogP contribution >= 0.6 is 11.8 Å². The average Bonchev–Trinajstić information content (AvgIpc) is 2.79. The van der Waals surface area contributed by atoms with Gasteiger partial charge in [-0.1, -0.05) is 19.1 Å². The quantitative estimate of drug-likeness (QED) is 0.823. The summed E-state index contributed by atoms with van der Waals surface area (Å²) in [5.41, 5.74) is 1.85. The largest absolute Gasteiger partial charge is 0.497 e. The highest BCUT2D eigenvalue weighted by Gasteiger charge is 2.24. The van der Waals surface area contributed by atoms with Crippen LogP contribution in [0, 0.1) is 0 Å². The molecule has 0 radical (unpaired) electrons. The van der Waals surface area contributed by atoms with Crippen molar-refractivity contribution in [3.63, 3.8) is 0 Å². The first-order valence-corrected chi connectivity index (χ1v) is 9.27. The van der Waals surface area contributed by atoms with E-state index >= 15 is 0 Å². The lowest BCUT2D eigenvalue weighted by atomic mass is 10.1. The van der Waals surface area contributed by atoms with Gasteiger partial charge in [0.2, 0.25) is 5.91 Å². The smallest absolute Gasteiger partial charge is 0.231 e. The van der Waals surface area contributed by atoms with Gasteiger partial charge in [-0.05, 0) is 36.8 Å². The molecule has 0 bridgehead atoms. The molecule has 1 atom stereocenters. The first-order valence-electron chi connectivity index (χ1n) is 8.39. The van der Waals surface area contributed by atoms with E-state index in [0.29, 0.717) is 11.0 Å². The number of anilines is 1. The highest BCUT2D eigenvalue weighted by atomic mass is 32.2. The van der Waals surface area contributed by atoms with Crippen molar-refractivity contribution in [3.05, 3.63) is 48.0 Å². The summed E-state index contributed by atoms with van der Waals surface area (Å²) in [5, 5.41) is 0.491. The van der Waals surface area contributed by atoms with Crippen LogP contribution in [0.2, 0.25) is 0 Å². The number of ether oxygens (including phenoxy) is 2. The molecule has 1 aliphatic heterocycles. The first-order chi connectivity index (χ1) is 12.1. The Morgan fingerprint density at radius 3 is 2.76 bits per heavy atom. The van der Waals surface area contributed by atoms with E-state index < -0.39 is 0 Å². The van der Waals surface area contributed by atoms with Gasteiger partial charge in [-0.2, -0.15) is 0 Å². The van der Waals surface area contributed by atoms with Crippen molar-refractivity contribution in [1.29, 1.82) is 0 Å². The second-order valence-electron chi connectivity index (χ2n) is 6.08. The summed E-state index contributed by atoms with van der Waals surface area (Å²) >= 11 is 1.84. The number of thioether (sulfide) groups is 1. The molecule has 132 valence electrons. The lowest BCUT2D eigenvalue weighted by molar-refractivity contribution is -0.118. The van der Waals surface area contributed by atoms with E-state index in [0.717, 1.165) is 30.0 Å². The van der Waals surface area contributed by atoms with Crippen LogP contribution in [0.4, 0.5) is 5.69 Å². The van der Waals surface area contributed by atoms with Gasteiger partial charge in [-0.15, -0.1) is 11.8 Å². The molecule has 0 saturated carbocycles. The van der Waals surface area contributed by atoms with Crippen molar-refractivity contribution >= 4 is 23.4 Å². The van der Waals surface area contributed by atoms with Gasteiger partial charge in [0.1, 0.15) is 11.5 Å². The van der Waals surface area contributed by atoms with Crippen molar-refractivity contribution in [2.24, 2.45) is 0 Å². The summed E-state index contributed by atoms with van der Waals surface area (Å²) in [7, 11) is 3.24. The van der Waals surface area contributed by atoms with Crippen LogP contribution < -0.4 is 14.4 Å². The summed E-state index contributed by atoms with van der Waals surface area (Å²) < 4.78 is 10.7. The fraction of sp³-hybridized carbons (Fsp3) is 0.350. The summed E-state index contributed by atoms with van der Waals surface area (Å²) in [5.74, 6) is 1.51. The zero-order valence-corrected chi connectivity index (χ0v) is 15.6. The predicted molar refractivity (Wildman–Crippen MR) is 102 cm³/mol. The fourth-order valence-electron chi connectivity index (χ4n) is 3.02. The maximum absolute atomic E-state index is 13.1. The van der Waals surface area contributed by atoms with E-state index in [2.05, 4.69) is 13.0 Å². The molecular formula is C20H23NO3S. The molecule has 5 heteroatoms. The van der Waals surface area contributed by atoms with Gasteiger partial charge in [-0.3, -0.25) is 4.79 Å². The van der Waals surface area contributed by atoms with Gasteiger partial charge in [-0.25, -0.2) is 0 Å². The van der Waals surface area contributed by atoms with E-state index in [9.17, 15) is 4.79 Å². The van der Waals surface area contributed by atoms with Crippen LogP contribution in [-0.4, -0.2) is 31.9 Å². The highest BCUT2D eigenvalue weighted by Crippen LogP contribution is 2.37. The van der Waals surface area contributed by atoms with Gasteiger partial charge >= 0.3 is 0 Å². The van der Waals surface area contributed by atoms with Crippen LogP contribution in [0.1, 0.15) is 18.9 Å². The van der Waals surface area contributed by atoms with Crippen LogP contribution in [-0.2, 0) is 11.2 Å². The van der Waals surface area contributed by atoms with Crippen LogP contribution in [0.3, 0.4) is 0 Å². The Kier molecular flexibility index (Phi) is 5.53. The zero-order valence-electron chi connectivity index (χ0n) is 14.8. The predicted octanol–water partition coefficient (Wildman–Crippen LogP) is 4.16. The molecule has 0 N–H and O–H groups in total. The number of nitrogens with zero attached hydrogens (tertiary/aromatic N) is 1. The second kappa shape index (κ2) is 7.83. The minimum atomic E-state index is 0.0775. The molecular weight excluding hydrogens is 334 g/mol. The lowest BCUT2D eigenvalue weighted by Gasteiger charge is -2.23. The van der Waals surface area contributed by atoms with Crippen LogP contribution in [0.25, 0.3) is 0 Å². The van der Waals surface area contributed by atoms with E-state index in [1.54, 1.807) is 14.2 Å². The number of rotatable bonds is 4. The molecule has 1 unspecified atom stereocenters. The van der Waals surface area contributed by atoms with E-state index in [4.69, 9.17) is 9.47 Å². The normalized spacial score (nSPS) is 16.8. The second-order valence-corrected chi connectivity index (χ2v) is 7.57. The lowest BCUT2D eigenvalue weighted by Crippen LogP contribution is -2.33. The summed E-state index contributed by atoms with van der Waals surface area (Å²) in [6.07, 6.45) is 1.26. The Hall–Kier alpha value is -2.14. The summed E-state index contributed by atoms with van der Waals surface area (Å²) in [6.45, 7) is 2.94. The highest BCUT2D eigenvalue weighted by molar-refractivity contribution is 8.00. The molecule has 1 heterocycles. The molecule has 3 rings (SSSR count). The number of para-hydroxylation sites is 1. The van der Waals surface area contributed by atoms with E-state index in [-0.39, 0.29) is 12.3 Å². The third-order valence-electron chi connectivity index (χ3n) is 4.37. The number of carbonyl (C=O) groups excluding carboxylic acids is 1. The molecule has 4 nitrogen and oxygen atoms in total. The number of carbonyl (C=O) groups is 1. The maximum Gasteiger partial charge on any atom is 0.231 e. The third kappa shape index (κ3) is 3.93. The molecule has 1 aliphatic rings. The van der Waals surface area contributed by atoms with Crippen LogP contribution in [0.15, 0.2) is 47.4 Å². The minimum Gasteiger partial charge on any atom is -0.497 e. The first kappa shape index (κ1) is 17.7. The van der Waals surface area contributed by atoms with Crippen LogP contribution in [0.5, 0.6) is 11.5 Å². The van der Waals surface area contributed by atoms with Crippen molar-refractivity contribution in [1.82, 2.24) is 0 Å². The molecule has 2 aromatic carbocycles. The number of benzene rings is 2. The molecule has 25 heavy (non-hydrogen) atoms. The third-order valence-corrected chi connectivity index (χ3v) is 5.61. The molecule has 0 fully saturated rings. The summed E-state index contributed by atoms with van der Waals surface area (Å²) in [4.78, 5) is 16.2. The average molecular weight is 357 g/mol. The molecule has 1 amide bonds. The Morgan fingerprint density at radius 1 is 1.20 bits per heavy atom. The van der Waals surface area contributed by atoms with Gasteiger partial charge in [0.05, 0.1) is 26.3 Å². The fourth-order valence-corrected chi connectivity index (χ4v) is 4.14. The van der Waals surface area contributed by atoms with Gasteiger partial charge in [0.25, 0.3) is 0 Å². The van der Waals surface area contributed by atoms with Crippen molar-refractivity contribution < 1.29 is 14.3 Å². The van der Waals surface area contributed by atoms with Crippen molar-refractivity contribution in [2.75, 3.05) is 25.7 Å². The van der Waals surface area contributed by atoms with E-state index in [1.807, 2.05) is 53.1 Å². The van der Waals surface area contributed by atoms with E-state index in [1.165, 1.54) is 4.90 Å². The van der Waals surface area contributed by atoms with Gasteiger partial charge in [0.15, 0.2) is 0 Å². The van der Waals surface area contributed by atoms with Crippen molar-refractivity contribution in [3.8, 4) is 11.5 Å². The van der Waals surface area contributed by atoms with Gasteiger partial charge in [0, 0.05) is 22.3 Å². The molecule has 0 aliphatic carbocycles. The van der Waals surface area contributed by atoms with Gasteiger partial charge < -0.3 is 14.4 Å². The Labute approximate surface area is 153 Å². The number of hydrogen-bond donors (Lipinski definition) is 0.